The van der Waals surface area contributed by atoms with Crippen LogP contribution in [0.5, 0.6) is 0 Å². The lowest BCUT2D eigenvalue weighted by atomic mass is 9.93. The Balaban J connectivity index is 2.03. The fraction of sp³-hybridized carbons (Fsp3) is 0.333. The molecule has 0 N–H and O–H groups in total. The average molecular weight is 444 g/mol. The zero-order chi connectivity index (χ0) is 23.0. The largest absolute Gasteiger partial charge is 0.456 e. The van der Waals surface area contributed by atoms with Gasteiger partial charge in [0.1, 0.15) is 5.69 Å². The molecule has 3 rings (SSSR count). The number of alkyl halides is 6. The van der Waals surface area contributed by atoms with Crippen molar-refractivity contribution in [1.29, 1.82) is 0 Å². The summed E-state index contributed by atoms with van der Waals surface area (Å²) >= 11 is 0. The van der Waals surface area contributed by atoms with E-state index < -0.39 is 35.9 Å². The summed E-state index contributed by atoms with van der Waals surface area (Å²) in [5.41, 5.74) is -1.14. The molecular weight excluding hydrogens is 426 g/mol. The molecule has 0 saturated carbocycles. The number of hydrogen-bond donors (Lipinski definition) is 0. The van der Waals surface area contributed by atoms with Gasteiger partial charge in [-0.05, 0) is 32.0 Å². The molecule has 31 heavy (non-hydrogen) atoms. The predicted octanol–water partition coefficient (Wildman–Crippen LogP) is 5.85. The first-order chi connectivity index (χ1) is 14.3. The predicted molar refractivity (Wildman–Crippen MR) is 101 cm³/mol. The third-order valence-corrected chi connectivity index (χ3v) is 4.59. The van der Waals surface area contributed by atoms with Crippen molar-refractivity contribution >= 4 is 16.9 Å². The second kappa shape index (κ2) is 7.90. The summed E-state index contributed by atoms with van der Waals surface area (Å²) < 4.78 is 82.5. The van der Waals surface area contributed by atoms with E-state index in [9.17, 15) is 31.1 Å². The Hall–Kier alpha value is -3.04. The van der Waals surface area contributed by atoms with Crippen LogP contribution in [0.1, 0.15) is 19.4 Å². The van der Waals surface area contributed by atoms with E-state index in [-0.39, 0.29) is 17.6 Å². The lowest BCUT2D eigenvalue weighted by molar-refractivity contribution is -0.193. The molecule has 0 atom stereocenters. The van der Waals surface area contributed by atoms with Crippen LogP contribution in [0.25, 0.3) is 22.2 Å². The van der Waals surface area contributed by atoms with E-state index in [0.717, 1.165) is 12.1 Å². The minimum atomic E-state index is -4.67. The van der Waals surface area contributed by atoms with Gasteiger partial charge in [0.05, 0.1) is 23.0 Å². The first kappa shape index (κ1) is 22.6. The van der Waals surface area contributed by atoms with Gasteiger partial charge in [-0.3, -0.25) is 9.48 Å². The highest BCUT2D eigenvalue weighted by atomic mass is 19.4. The number of rotatable bonds is 5. The van der Waals surface area contributed by atoms with Gasteiger partial charge >= 0.3 is 18.3 Å². The monoisotopic (exact) mass is 444 g/mol. The van der Waals surface area contributed by atoms with Crippen molar-refractivity contribution in [3.05, 3.63) is 54.1 Å². The Morgan fingerprint density at radius 1 is 1.00 bits per heavy atom. The molecule has 0 amide bonds. The van der Waals surface area contributed by atoms with Gasteiger partial charge in [0.2, 0.25) is 0 Å². The van der Waals surface area contributed by atoms with Crippen molar-refractivity contribution in [1.82, 2.24) is 9.78 Å². The van der Waals surface area contributed by atoms with Gasteiger partial charge in [-0.2, -0.15) is 31.4 Å². The van der Waals surface area contributed by atoms with Crippen molar-refractivity contribution in [3.8, 4) is 11.3 Å². The molecule has 0 radical (unpaired) electrons. The van der Waals surface area contributed by atoms with Gasteiger partial charge in [-0.15, -0.1) is 0 Å². The Morgan fingerprint density at radius 3 is 2.23 bits per heavy atom. The molecule has 1 aromatic heterocycles. The number of aromatic nitrogens is 2. The molecule has 0 bridgehead atoms. The van der Waals surface area contributed by atoms with Gasteiger partial charge in [0.25, 0.3) is 0 Å². The van der Waals surface area contributed by atoms with Crippen molar-refractivity contribution < 1.29 is 35.9 Å². The molecule has 4 nitrogen and oxygen atoms in total. The first-order valence-electron chi connectivity index (χ1n) is 9.15. The number of fused-ring (bicyclic) bond motifs is 1. The number of ether oxygens (including phenoxy) is 1. The highest BCUT2D eigenvalue weighted by molar-refractivity contribution is 5.94. The SMILES string of the molecule is CC(C)(Cn1nc(-c2ccccc2)c2cc(C(F)(F)F)ccc21)C(=O)OCC(F)(F)F. The third-order valence-electron chi connectivity index (χ3n) is 4.59. The van der Waals surface area contributed by atoms with Gasteiger partial charge in [0, 0.05) is 10.9 Å². The average Bonchev–Trinajstić information content (AvgIpc) is 3.02. The van der Waals surface area contributed by atoms with E-state index >= 15 is 0 Å². The first-order valence-corrected chi connectivity index (χ1v) is 9.15. The van der Waals surface area contributed by atoms with Crippen LogP contribution in [0.4, 0.5) is 26.3 Å². The molecule has 166 valence electrons. The van der Waals surface area contributed by atoms with Crippen LogP contribution in [0, 0.1) is 5.41 Å². The van der Waals surface area contributed by atoms with Crippen LogP contribution in [0.2, 0.25) is 0 Å². The Kier molecular flexibility index (Phi) is 5.77. The lowest BCUT2D eigenvalue weighted by Crippen LogP contribution is -2.34. The number of esters is 1. The molecule has 0 fully saturated rings. The summed E-state index contributed by atoms with van der Waals surface area (Å²) in [6.07, 6.45) is -9.23. The van der Waals surface area contributed by atoms with E-state index in [0.29, 0.717) is 11.1 Å². The molecule has 3 aromatic rings. The number of carbonyl (C=O) groups excluding carboxylic acids is 1. The quantitative estimate of drug-likeness (QED) is 0.366. The summed E-state index contributed by atoms with van der Waals surface area (Å²) in [6.45, 7) is 0.842. The molecule has 0 saturated heterocycles. The van der Waals surface area contributed by atoms with Crippen LogP contribution in [-0.2, 0) is 22.3 Å². The number of nitrogens with zero attached hydrogens (tertiary/aromatic N) is 2. The van der Waals surface area contributed by atoms with Crippen LogP contribution in [0.3, 0.4) is 0 Å². The van der Waals surface area contributed by atoms with Crippen molar-refractivity contribution in [2.75, 3.05) is 6.61 Å². The maximum atomic E-state index is 13.2. The summed E-state index contributed by atoms with van der Waals surface area (Å²) in [6, 6.07) is 11.6. The number of hydrogen-bond acceptors (Lipinski definition) is 3. The minimum Gasteiger partial charge on any atom is -0.456 e. The van der Waals surface area contributed by atoms with Gasteiger partial charge < -0.3 is 4.74 Å². The number of carbonyl (C=O) groups is 1. The summed E-state index contributed by atoms with van der Waals surface area (Å²) in [7, 11) is 0. The highest BCUT2D eigenvalue weighted by Gasteiger charge is 2.36. The van der Waals surface area contributed by atoms with Crippen LogP contribution in [-0.4, -0.2) is 28.5 Å². The van der Waals surface area contributed by atoms with Crippen LogP contribution in [0.15, 0.2) is 48.5 Å². The van der Waals surface area contributed by atoms with E-state index in [1.807, 2.05) is 0 Å². The van der Waals surface area contributed by atoms with E-state index in [1.54, 1.807) is 30.3 Å². The van der Waals surface area contributed by atoms with Crippen molar-refractivity contribution in [2.45, 2.75) is 32.7 Å². The molecule has 0 aliphatic heterocycles. The van der Waals surface area contributed by atoms with Gasteiger partial charge in [0.15, 0.2) is 6.61 Å². The highest BCUT2D eigenvalue weighted by Crippen LogP contribution is 2.36. The Labute approximate surface area is 173 Å². The molecule has 0 unspecified atom stereocenters. The maximum Gasteiger partial charge on any atom is 0.422 e. The van der Waals surface area contributed by atoms with Crippen LogP contribution >= 0.6 is 0 Å². The minimum absolute atomic E-state index is 0.196. The van der Waals surface area contributed by atoms with Gasteiger partial charge in [-0.1, -0.05) is 30.3 Å². The molecule has 1 heterocycles. The molecule has 0 aliphatic carbocycles. The molecular formula is C21H18F6N2O2. The van der Waals surface area contributed by atoms with E-state index in [2.05, 4.69) is 9.84 Å². The standard InChI is InChI=1S/C21H18F6N2O2/c1-19(2,18(30)31-12-20(22,23)24)11-29-16-9-8-14(21(25,26)27)10-15(16)17(28-29)13-6-4-3-5-7-13/h3-10H,11-12H2,1-2H3. The second-order valence-electron chi connectivity index (χ2n) is 7.68. The number of benzene rings is 2. The smallest absolute Gasteiger partial charge is 0.422 e. The Morgan fingerprint density at radius 2 is 1.65 bits per heavy atom. The second-order valence-corrected chi connectivity index (χ2v) is 7.68. The van der Waals surface area contributed by atoms with E-state index in [1.165, 1.54) is 24.6 Å². The summed E-state index contributed by atoms with van der Waals surface area (Å²) in [5.74, 6) is -1.10. The van der Waals surface area contributed by atoms with Crippen molar-refractivity contribution in [2.24, 2.45) is 5.41 Å². The van der Waals surface area contributed by atoms with Gasteiger partial charge in [-0.25, -0.2) is 0 Å². The fourth-order valence-electron chi connectivity index (χ4n) is 3.07. The number of halogens is 6. The van der Waals surface area contributed by atoms with Crippen LogP contribution < -0.4 is 0 Å². The van der Waals surface area contributed by atoms with Crippen molar-refractivity contribution in [3.63, 3.8) is 0 Å². The zero-order valence-corrected chi connectivity index (χ0v) is 16.5. The topological polar surface area (TPSA) is 44.1 Å². The lowest BCUT2D eigenvalue weighted by Gasteiger charge is -2.23. The third kappa shape index (κ3) is 5.18. The summed E-state index contributed by atoms with van der Waals surface area (Å²) in [4.78, 5) is 12.2. The molecule has 10 heteroatoms. The maximum absolute atomic E-state index is 13.2. The summed E-state index contributed by atoms with van der Waals surface area (Å²) in [5, 5.41) is 4.59. The molecule has 0 aliphatic rings. The van der Waals surface area contributed by atoms with E-state index in [4.69, 9.17) is 0 Å². The zero-order valence-electron chi connectivity index (χ0n) is 16.5. The molecule has 2 aromatic carbocycles. The fourth-order valence-corrected chi connectivity index (χ4v) is 3.07. The Bertz CT molecular complexity index is 1080. The normalized spacial score (nSPS) is 12.9. The molecule has 0 spiro atoms.